The SMILES string of the molecule is Cc1ccn(CC(C(=N)N)C(F)(F)F)n1. The minimum absolute atomic E-state index is 0.452. The Bertz CT molecular complexity index is 355. The van der Waals surface area contributed by atoms with Gasteiger partial charge in [0.25, 0.3) is 0 Å². The van der Waals surface area contributed by atoms with E-state index in [1.807, 2.05) is 0 Å². The van der Waals surface area contributed by atoms with Gasteiger partial charge in [-0.05, 0) is 13.0 Å². The van der Waals surface area contributed by atoms with Crippen molar-refractivity contribution in [3.8, 4) is 0 Å². The topological polar surface area (TPSA) is 67.7 Å². The van der Waals surface area contributed by atoms with Gasteiger partial charge in [-0.3, -0.25) is 10.1 Å². The Morgan fingerprint density at radius 1 is 1.67 bits per heavy atom. The maximum absolute atomic E-state index is 12.4. The first-order valence-corrected chi connectivity index (χ1v) is 4.21. The Labute approximate surface area is 84.4 Å². The molecule has 1 aromatic heterocycles. The summed E-state index contributed by atoms with van der Waals surface area (Å²) in [7, 11) is 0. The predicted octanol–water partition coefficient (Wildman–Crippen LogP) is 1.31. The summed E-state index contributed by atoms with van der Waals surface area (Å²) in [5.74, 6) is -2.87. The van der Waals surface area contributed by atoms with Crippen molar-refractivity contribution in [2.75, 3.05) is 0 Å². The number of halogens is 3. The number of rotatable bonds is 3. The molecule has 1 rings (SSSR count). The standard InChI is InChI=1S/C8H11F3N4/c1-5-2-3-15(14-5)4-6(7(12)13)8(9,10)11/h2-3,6H,4H2,1H3,(H3,12,13). The molecule has 1 atom stereocenters. The van der Waals surface area contributed by atoms with Gasteiger partial charge in [0.15, 0.2) is 0 Å². The van der Waals surface area contributed by atoms with E-state index in [0.29, 0.717) is 5.69 Å². The number of aromatic nitrogens is 2. The fourth-order valence-corrected chi connectivity index (χ4v) is 1.13. The quantitative estimate of drug-likeness (QED) is 0.595. The van der Waals surface area contributed by atoms with E-state index < -0.39 is 24.5 Å². The van der Waals surface area contributed by atoms with E-state index in [0.717, 1.165) is 4.68 Å². The first-order valence-electron chi connectivity index (χ1n) is 4.21. The van der Waals surface area contributed by atoms with Gasteiger partial charge in [0, 0.05) is 6.20 Å². The van der Waals surface area contributed by atoms with Crippen molar-refractivity contribution in [3.63, 3.8) is 0 Å². The fraction of sp³-hybridized carbons (Fsp3) is 0.500. The third-order valence-electron chi connectivity index (χ3n) is 1.91. The largest absolute Gasteiger partial charge is 0.400 e. The van der Waals surface area contributed by atoms with Crippen molar-refractivity contribution in [2.24, 2.45) is 11.7 Å². The van der Waals surface area contributed by atoms with Gasteiger partial charge in [-0.15, -0.1) is 0 Å². The summed E-state index contributed by atoms with van der Waals surface area (Å²) in [5.41, 5.74) is 5.52. The van der Waals surface area contributed by atoms with Crippen LogP contribution in [-0.2, 0) is 6.54 Å². The molecule has 0 radical (unpaired) electrons. The Hall–Kier alpha value is -1.53. The molecular formula is C8H11F3N4. The maximum Gasteiger partial charge on any atom is 0.400 e. The van der Waals surface area contributed by atoms with Crippen LogP contribution in [0.1, 0.15) is 5.69 Å². The van der Waals surface area contributed by atoms with Crippen LogP contribution in [0.3, 0.4) is 0 Å². The van der Waals surface area contributed by atoms with Crippen molar-refractivity contribution >= 4 is 5.84 Å². The highest BCUT2D eigenvalue weighted by atomic mass is 19.4. The lowest BCUT2D eigenvalue weighted by molar-refractivity contribution is -0.159. The number of alkyl halides is 3. The second-order valence-electron chi connectivity index (χ2n) is 3.23. The third-order valence-corrected chi connectivity index (χ3v) is 1.91. The lowest BCUT2D eigenvalue weighted by Crippen LogP contribution is -2.38. The number of amidine groups is 1. The van der Waals surface area contributed by atoms with Crippen LogP contribution in [-0.4, -0.2) is 21.8 Å². The monoisotopic (exact) mass is 220 g/mol. The van der Waals surface area contributed by atoms with E-state index >= 15 is 0 Å². The number of nitrogens with zero attached hydrogens (tertiary/aromatic N) is 2. The molecule has 0 bridgehead atoms. The van der Waals surface area contributed by atoms with E-state index in [2.05, 4.69) is 5.10 Å². The third kappa shape index (κ3) is 2.97. The predicted molar refractivity (Wildman–Crippen MR) is 48.4 cm³/mol. The van der Waals surface area contributed by atoms with Gasteiger partial charge in [-0.25, -0.2) is 0 Å². The molecule has 0 saturated heterocycles. The van der Waals surface area contributed by atoms with Gasteiger partial charge in [-0.2, -0.15) is 18.3 Å². The fourth-order valence-electron chi connectivity index (χ4n) is 1.13. The summed E-state index contributed by atoms with van der Waals surface area (Å²) in [5, 5.41) is 10.7. The molecule has 0 fully saturated rings. The molecule has 84 valence electrons. The second-order valence-corrected chi connectivity index (χ2v) is 3.23. The summed E-state index contributed by atoms with van der Waals surface area (Å²) in [4.78, 5) is 0. The molecule has 0 aromatic carbocycles. The van der Waals surface area contributed by atoms with E-state index in [1.165, 1.54) is 6.20 Å². The highest BCUT2D eigenvalue weighted by Crippen LogP contribution is 2.27. The van der Waals surface area contributed by atoms with Crippen LogP contribution in [0, 0.1) is 18.3 Å². The van der Waals surface area contributed by atoms with Crippen molar-refractivity contribution < 1.29 is 13.2 Å². The summed E-state index contributed by atoms with van der Waals surface area (Å²) in [6.07, 6.45) is -3.08. The number of hydrogen-bond acceptors (Lipinski definition) is 2. The Balaban J connectivity index is 2.81. The van der Waals surface area contributed by atoms with Gasteiger partial charge in [-0.1, -0.05) is 0 Å². The average Bonchev–Trinajstić information content (AvgIpc) is 2.44. The molecule has 1 heterocycles. The number of aryl methyl sites for hydroxylation is 1. The van der Waals surface area contributed by atoms with Crippen LogP contribution in [0.15, 0.2) is 12.3 Å². The van der Waals surface area contributed by atoms with Gasteiger partial charge >= 0.3 is 6.18 Å². The minimum atomic E-state index is -4.51. The van der Waals surface area contributed by atoms with Crippen molar-refractivity contribution in [2.45, 2.75) is 19.6 Å². The molecule has 0 aliphatic rings. The first-order chi connectivity index (χ1) is 6.80. The molecule has 3 N–H and O–H groups in total. The zero-order valence-corrected chi connectivity index (χ0v) is 8.04. The van der Waals surface area contributed by atoms with E-state index in [9.17, 15) is 13.2 Å². The number of hydrogen-bond donors (Lipinski definition) is 2. The van der Waals surface area contributed by atoms with Gasteiger partial charge in [0.1, 0.15) is 11.8 Å². The van der Waals surface area contributed by atoms with Gasteiger partial charge in [0.05, 0.1) is 12.2 Å². The minimum Gasteiger partial charge on any atom is -0.387 e. The normalized spacial score (nSPS) is 13.9. The van der Waals surface area contributed by atoms with E-state index in [-0.39, 0.29) is 0 Å². The molecule has 0 aliphatic heterocycles. The molecule has 0 aliphatic carbocycles. The number of nitrogens with two attached hydrogens (primary N) is 1. The van der Waals surface area contributed by atoms with E-state index in [4.69, 9.17) is 11.1 Å². The molecule has 4 nitrogen and oxygen atoms in total. The first kappa shape index (κ1) is 11.5. The zero-order chi connectivity index (χ0) is 11.6. The smallest absolute Gasteiger partial charge is 0.387 e. The van der Waals surface area contributed by atoms with Crippen LogP contribution < -0.4 is 5.73 Å². The lowest BCUT2D eigenvalue weighted by atomic mass is 10.1. The second kappa shape index (κ2) is 3.92. The molecule has 0 saturated carbocycles. The summed E-state index contributed by atoms with van der Waals surface area (Å²) in [6.45, 7) is 1.22. The maximum atomic E-state index is 12.4. The molecule has 15 heavy (non-hydrogen) atoms. The molecule has 7 heteroatoms. The van der Waals surface area contributed by atoms with Crippen LogP contribution in [0.5, 0.6) is 0 Å². The van der Waals surface area contributed by atoms with Gasteiger partial charge in [0.2, 0.25) is 0 Å². The molecule has 1 aromatic rings. The molecule has 0 spiro atoms. The van der Waals surface area contributed by atoms with Crippen LogP contribution in [0.25, 0.3) is 0 Å². The highest BCUT2D eigenvalue weighted by Gasteiger charge is 2.42. The summed E-state index contributed by atoms with van der Waals surface area (Å²) >= 11 is 0. The Morgan fingerprint density at radius 2 is 2.27 bits per heavy atom. The average molecular weight is 220 g/mol. The van der Waals surface area contributed by atoms with Crippen LogP contribution in [0.2, 0.25) is 0 Å². The van der Waals surface area contributed by atoms with Crippen molar-refractivity contribution in [3.05, 3.63) is 18.0 Å². The molecular weight excluding hydrogens is 209 g/mol. The molecule has 0 amide bonds. The Morgan fingerprint density at radius 3 is 2.60 bits per heavy atom. The van der Waals surface area contributed by atoms with Crippen molar-refractivity contribution in [1.29, 1.82) is 5.41 Å². The summed E-state index contributed by atoms with van der Waals surface area (Å²) < 4.78 is 38.3. The molecule has 1 unspecified atom stereocenters. The highest BCUT2D eigenvalue weighted by molar-refractivity contribution is 5.80. The summed E-state index contributed by atoms with van der Waals surface area (Å²) in [6, 6.07) is 1.59. The van der Waals surface area contributed by atoms with Gasteiger partial charge < -0.3 is 5.73 Å². The van der Waals surface area contributed by atoms with Crippen LogP contribution >= 0.6 is 0 Å². The van der Waals surface area contributed by atoms with Crippen molar-refractivity contribution in [1.82, 2.24) is 9.78 Å². The Kier molecular flexibility index (Phi) is 3.01. The zero-order valence-electron chi connectivity index (χ0n) is 8.04. The lowest BCUT2D eigenvalue weighted by Gasteiger charge is -2.18. The van der Waals surface area contributed by atoms with E-state index in [1.54, 1.807) is 13.0 Å². The number of nitrogens with one attached hydrogen (secondary N) is 1. The van der Waals surface area contributed by atoms with Crippen LogP contribution in [0.4, 0.5) is 13.2 Å².